The third-order valence-corrected chi connectivity index (χ3v) is 5.41. The molecule has 4 rings (SSSR count). The minimum atomic E-state index is 0.0492. The highest BCUT2D eigenvalue weighted by Crippen LogP contribution is 2.36. The SMILES string of the molecule is O=C1NC[C@@H]2CN(Cc3cc(Cl)cc(Cl)c3)C[C@@H]2c2ccccc21. The molecule has 1 fully saturated rings. The predicted molar refractivity (Wildman–Crippen MR) is 96.7 cm³/mol. The van der Waals surface area contributed by atoms with E-state index in [4.69, 9.17) is 23.2 Å². The van der Waals surface area contributed by atoms with Gasteiger partial charge < -0.3 is 5.32 Å². The summed E-state index contributed by atoms with van der Waals surface area (Å²) in [5.74, 6) is 0.871. The third kappa shape index (κ3) is 3.04. The van der Waals surface area contributed by atoms with Gasteiger partial charge in [0.2, 0.25) is 0 Å². The van der Waals surface area contributed by atoms with E-state index in [9.17, 15) is 4.79 Å². The molecule has 0 spiro atoms. The molecule has 0 aliphatic carbocycles. The molecule has 2 aliphatic heterocycles. The zero-order valence-electron chi connectivity index (χ0n) is 13.1. The van der Waals surface area contributed by atoms with E-state index in [2.05, 4.69) is 16.3 Å². The van der Waals surface area contributed by atoms with Crippen LogP contribution >= 0.6 is 23.2 Å². The number of benzene rings is 2. The Labute approximate surface area is 151 Å². The van der Waals surface area contributed by atoms with Crippen molar-refractivity contribution in [2.24, 2.45) is 5.92 Å². The number of nitrogens with zero attached hydrogens (tertiary/aromatic N) is 1. The van der Waals surface area contributed by atoms with Crippen molar-refractivity contribution in [2.75, 3.05) is 19.6 Å². The van der Waals surface area contributed by atoms with Gasteiger partial charge in [-0.3, -0.25) is 9.69 Å². The van der Waals surface area contributed by atoms with Crippen LogP contribution in [0.2, 0.25) is 10.0 Å². The number of hydrogen-bond donors (Lipinski definition) is 1. The van der Waals surface area contributed by atoms with Gasteiger partial charge in [0, 0.05) is 47.7 Å². The lowest BCUT2D eigenvalue weighted by atomic mass is 9.87. The highest BCUT2D eigenvalue weighted by atomic mass is 35.5. The van der Waals surface area contributed by atoms with Crippen molar-refractivity contribution < 1.29 is 4.79 Å². The molecular weight excluding hydrogens is 343 g/mol. The summed E-state index contributed by atoms with van der Waals surface area (Å²) in [5.41, 5.74) is 3.11. The molecule has 0 bridgehead atoms. The number of halogens is 2. The van der Waals surface area contributed by atoms with E-state index in [1.807, 2.05) is 30.3 Å². The van der Waals surface area contributed by atoms with Crippen LogP contribution < -0.4 is 5.32 Å². The van der Waals surface area contributed by atoms with Gasteiger partial charge in [-0.1, -0.05) is 41.4 Å². The minimum absolute atomic E-state index is 0.0492. The standard InChI is InChI=1S/C19H18Cl2N2O/c20-14-5-12(6-15(21)7-14)9-23-10-13-8-22-19(24)17-4-2-1-3-16(17)18(13)11-23/h1-7,13,18H,8-11H2,(H,22,24)/t13-,18+/m1/s1. The van der Waals surface area contributed by atoms with Gasteiger partial charge in [0.05, 0.1) is 0 Å². The molecule has 0 unspecified atom stereocenters. The normalized spacial score (nSPS) is 23.3. The fraction of sp³-hybridized carbons (Fsp3) is 0.316. The second kappa shape index (κ2) is 6.40. The number of likely N-dealkylation sites (tertiary alicyclic amines) is 1. The summed E-state index contributed by atoms with van der Waals surface area (Å²) in [5, 5.41) is 4.41. The second-order valence-corrected chi connectivity index (χ2v) is 7.51. The van der Waals surface area contributed by atoms with Crippen LogP contribution in [0.25, 0.3) is 0 Å². The van der Waals surface area contributed by atoms with Crippen LogP contribution in [0.1, 0.15) is 27.4 Å². The number of nitrogens with one attached hydrogen (secondary N) is 1. The van der Waals surface area contributed by atoms with Crippen LogP contribution in [0.3, 0.4) is 0 Å². The van der Waals surface area contributed by atoms with Crippen LogP contribution in [-0.2, 0) is 6.54 Å². The van der Waals surface area contributed by atoms with Gasteiger partial charge in [0.15, 0.2) is 0 Å². The van der Waals surface area contributed by atoms with Gasteiger partial charge in [-0.25, -0.2) is 0 Å². The number of carbonyl (C=O) groups is 1. The van der Waals surface area contributed by atoms with Crippen molar-refractivity contribution in [1.82, 2.24) is 10.2 Å². The van der Waals surface area contributed by atoms with Crippen molar-refractivity contribution in [1.29, 1.82) is 0 Å². The lowest BCUT2D eigenvalue weighted by Crippen LogP contribution is -2.29. The van der Waals surface area contributed by atoms with Crippen LogP contribution in [-0.4, -0.2) is 30.4 Å². The van der Waals surface area contributed by atoms with E-state index in [0.717, 1.165) is 37.3 Å². The van der Waals surface area contributed by atoms with E-state index in [-0.39, 0.29) is 5.91 Å². The van der Waals surface area contributed by atoms with Crippen molar-refractivity contribution in [2.45, 2.75) is 12.5 Å². The Balaban J connectivity index is 1.58. The van der Waals surface area contributed by atoms with Crippen molar-refractivity contribution in [3.8, 4) is 0 Å². The molecule has 5 heteroatoms. The maximum Gasteiger partial charge on any atom is 0.251 e. The van der Waals surface area contributed by atoms with E-state index in [0.29, 0.717) is 21.9 Å². The Morgan fingerprint density at radius 1 is 1.08 bits per heavy atom. The maximum absolute atomic E-state index is 12.2. The fourth-order valence-corrected chi connectivity index (χ4v) is 4.53. The summed E-state index contributed by atoms with van der Waals surface area (Å²) in [4.78, 5) is 14.7. The molecule has 3 nitrogen and oxygen atoms in total. The van der Waals surface area contributed by atoms with Gasteiger partial charge in [0.25, 0.3) is 5.91 Å². The first-order chi connectivity index (χ1) is 11.6. The summed E-state index contributed by atoms with van der Waals surface area (Å²) in [6.07, 6.45) is 0. The lowest BCUT2D eigenvalue weighted by molar-refractivity contribution is 0.0951. The number of carbonyl (C=O) groups excluding carboxylic acids is 1. The molecule has 2 atom stereocenters. The van der Waals surface area contributed by atoms with Gasteiger partial charge in [-0.05, 0) is 41.3 Å². The van der Waals surface area contributed by atoms with E-state index >= 15 is 0 Å². The fourth-order valence-electron chi connectivity index (χ4n) is 3.96. The first kappa shape index (κ1) is 15.9. The van der Waals surface area contributed by atoms with Crippen LogP contribution in [0.5, 0.6) is 0 Å². The van der Waals surface area contributed by atoms with Crippen molar-refractivity contribution >= 4 is 29.1 Å². The molecule has 2 aromatic carbocycles. The summed E-state index contributed by atoms with van der Waals surface area (Å²) in [7, 11) is 0. The molecule has 0 saturated carbocycles. The molecule has 2 aliphatic rings. The van der Waals surface area contributed by atoms with Crippen LogP contribution in [0.15, 0.2) is 42.5 Å². The number of hydrogen-bond acceptors (Lipinski definition) is 2. The first-order valence-corrected chi connectivity index (χ1v) is 8.90. The molecule has 124 valence electrons. The molecule has 0 radical (unpaired) electrons. The monoisotopic (exact) mass is 360 g/mol. The summed E-state index contributed by atoms with van der Waals surface area (Å²) >= 11 is 12.2. The molecule has 24 heavy (non-hydrogen) atoms. The first-order valence-electron chi connectivity index (χ1n) is 8.14. The number of amides is 1. The molecule has 0 aromatic heterocycles. The van der Waals surface area contributed by atoms with E-state index < -0.39 is 0 Å². The van der Waals surface area contributed by atoms with Gasteiger partial charge in [0.1, 0.15) is 0 Å². The number of rotatable bonds is 2. The van der Waals surface area contributed by atoms with Crippen molar-refractivity contribution in [3.05, 3.63) is 69.2 Å². The Morgan fingerprint density at radius 3 is 2.62 bits per heavy atom. The molecule has 1 amide bonds. The Hall–Kier alpha value is -1.55. The maximum atomic E-state index is 12.2. The highest BCUT2D eigenvalue weighted by molar-refractivity contribution is 6.34. The van der Waals surface area contributed by atoms with Gasteiger partial charge >= 0.3 is 0 Å². The van der Waals surface area contributed by atoms with E-state index in [1.54, 1.807) is 6.07 Å². The van der Waals surface area contributed by atoms with Crippen molar-refractivity contribution in [3.63, 3.8) is 0 Å². The summed E-state index contributed by atoms with van der Waals surface area (Å²) < 4.78 is 0. The Morgan fingerprint density at radius 2 is 1.83 bits per heavy atom. The average Bonchev–Trinajstić information content (AvgIpc) is 2.89. The quantitative estimate of drug-likeness (QED) is 0.879. The highest BCUT2D eigenvalue weighted by Gasteiger charge is 2.37. The zero-order chi connectivity index (χ0) is 16.7. The lowest BCUT2D eigenvalue weighted by Gasteiger charge is -2.17. The van der Waals surface area contributed by atoms with E-state index in [1.165, 1.54) is 5.56 Å². The molecule has 2 aromatic rings. The van der Waals surface area contributed by atoms with Gasteiger partial charge in [-0.15, -0.1) is 0 Å². The second-order valence-electron chi connectivity index (χ2n) is 6.64. The minimum Gasteiger partial charge on any atom is -0.352 e. The topological polar surface area (TPSA) is 32.3 Å². The van der Waals surface area contributed by atoms with Crippen LogP contribution in [0, 0.1) is 5.92 Å². The Kier molecular flexibility index (Phi) is 4.25. The largest absolute Gasteiger partial charge is 0.352 e. The molecular formula is C19H18Cl2N2O. The Bertz CT molecular complexity index is 772. The predicted octanol–water partition coefficient (Wildman–Crippen LogP) is 3.95. The van der Waals surface area contributed by atoms with Gasteiger partial charge in [-0.2, -0.15) is 0 Å². The summed E-state index contributed by atoms with van der Waals surface area (Å²) in [6, 6.07) is 13.7. The smallest absolute Gasteiger partial charge is 0.251 e. The zero-order valence-corrected chi connectivity index (χ0v) is 14.6. The average molecular weight is 361 g/mol. The summed E-state index contributed by atoms with van der Waals surface area (Å²) in [6.45, 7) is 3.46. The molecule has 1 saturated heterocycles. The third-order valence-electron chi connectivity index (χ3n) is 4.97. The molecule has 1 N–H and O–H groups in total. The van der Waals surface area contributed by atoms with Crippen LogP contribution in [0.4, 0.5) is 0 Å². The molecule has 2 heterocycles. The number of fused-ring (bicyclic) bond motifs is 3.